The number of benzene rings is 2. The SMILES string of the molecule is COC(=O)[N+]1(C)CCN(c2cc(Cl)cc(OCc3ccccc3)c2)CC1. The van der Waals surface area contributed by atoms with Crippen molar-refractivity contribution < 1.29 is 18.8 Å². The second kappa shape index (κ2) is 7.98. The topological polar surface area (TPSA) is 38.8 Å². The molecule has 0 aromatic heterocycles. The van der Waals surface area contributed by atoms with E-state index < -0.39 is 0 Å². The zero-order valence-corrected chi connectivity index (χ0v) is 15.9. The zero-order valence-electron chi connectivity index (χ0n) is 15.2. The van der Waals surface area contributed by atoms with Gasteiger partial charge in [-0.15, -0.1) is 0 Å². The molecule has 3 rings (SSSR count). The normalized spacial score (nSPS) is 16.2. The molecule has 1 heterocycles. The molecule has 0 atom stereocenters. The number of carbonyl (C=O) groups is 1. The molecule has 0 radical (unpaired) electrons. The van der Waals surface area contributed by atoms with Crippen molar-refractivity contribution in [3.05, 3.63) is 59.1 Å². The van der Waals surface area contributed by atoms with Gasteiger partial charge in [0.1, 0.15) is 25.4 Å². The number of amides is 1. The minimum Gasteiger partial charge on any atom is -0.489 e. The van der Waals surface area contributed by atoms with Crippen molar-refractivity contribution in [1.82, 2.24) is 0 Å². The molecule has 26 heavy (non-hydrogen) atoms. The highest BCUT2D eigenvalue weighted by Crippen LogP contribution is 2.29. The van der Waals surface area contributed by atoms with Crippen LogP contribution < -0.4 is 9.64 Å². The fraction of sp³-hybridized carbons (Fsp3) is 0.350. The smallest absolute Gasteiger partial charge is 0.489 e. The Morgan fingerprint density at radius 1 is 1.15 bits per heavy atom. The molecular formula is C20H24ClN2O3+. The average Bonchev–Trinajstić information content (AvgIpc) is 2.66. The van der Waals surface area contributed by atoms with E-state index in [9.17, 15) is 4.79 Å². The average molecular weight is 376 g/mol. The highest BCUT2D eigenvalue weighted by molar-refractivity contribution is 6.31. The van der Waals surface area contributed by atoms with Crippen LogP contribution in [0.5, 0.6) is 5.75 Å². The first-order valence-electron chi connectivity index (χ1n) is 8.65. The molecule has 0 saturated carbocycles. The molecule has 0 aliphatic carbocycles. The van der Waals surface area contributed by atoms with Gasteiger partial charge in [0.2, 0.25) is 0 Å². The predicted octanol–water partition coefficient (Wildman–Crippen LogP) is 3.95. The van der Waals surface area contributed by atoms with Crippen LogP contribution in [-0.4, -0.2) is 50.9 Å². The van der Waals surface area contributed by atoms with Crippen LogP contribution in [0.15, 0.2) is 48.5 Å². The molecule has 5 nitrogen and oxygen atoms in total. The number of hydrogen-bond donors (Lipinski definition) is 0. The van der Waals surface area contributed by atoms with Crippen LogP contribution >= 0.6 is 11.6 Å². The first-order chi connectivity index (χ1) is 12.5. The van der Waals surface area contributed by atoms with Crippen LogP contribution in [0.3, 0.4) is 0 Å². The molecule has 0 unspecified atom stereocenters. The maximum absolute atomic E-state index is 12.0. The number of anilines is 1. The Balaban J connectivity index is 1.67. The van der Waals surface area contributed by atoms with Crippen LogP contribution in [0.2, 0.25) is 5.02 Å². The summed E-state index contributed by atoms with van der Waals surface area (Å²) in [5.41, 5.74) is 2.12. The Hall–Kier alpha value is -2.24. The Bertz CT molecular complexity index is 759. The fourth-order valence-electron chi connectivity index (χ4n) is 3.12. The summed E-state index contributed by atoms with van der Waals surface area (Å²) in [6.45, 7) is 3.39. The van der Waals surface area contributed by atoms with Gasteiger partial charge in [0.15, 0.2) is 0 Å². The Morgan fingerprint density at radius 3 is 2.50 bits per heavy atom. The number of quaternary nitrogens is 1. The van der Waals surface area contributed by atoms with Gasteiger partial charge in [-0.2, -0.15) is 4.79 Å². The third-order valence-electron chi connectivity index (χ3n) is 4.81. The fourth-order valence-corrected chi connectivity index (χ4v) is 3.34. The third kappa shape index (κ3) is 4.29. The van der Waals surface area contributed by atoms with E-state index in [2.05, 4.69) is 4.90 Å². The molecular weight excluding hydrogens is 352 g/mol. The van der Waals surface area contributed by atoms with Crippen molar-refractivity contribution in [1.29, 1.82) is 0 Å². The molecule has 1 aliphatic heterocycles. The van der Waals surface area contributed by atoms with Crippen molar-refractivity contribution >= 4 is 23.4 Å². The second-order valence-electron chi connectivity index (χ2n) is 6.72. The number of methoxy groups -OCH3 is 1. The lowest BCUT2D eigenvalue weighted by Crippen LogP contribution is -2.60. The molecule has 0 spiro atoms. The maximum Gasteiger partial charge on any atom is 0.515 e. The van der Waals surface area contributed by atoms with Gasteiger partial charge < -0.3 is 14.4 Å². The monoisotopic (exact) mass is 375 g/mol. The standard InChI is InChI=1S/C20H24ClN2O3/c1-23(20(24)25-2)10-8-22(9-11-23)18-12-17(21)13-19(14-18)26-15-16-6-4-3-5-7-16/h3-7,12-14H,8-11,15H2,1-2H3/q+1. The van der Waals surface area contributed by atoms with Gasteiger partial charge in [0.25, 0.3) is 0 Å². The molecule has 1 saturated heterocycles. The third-order valence-corrected chi connectivity index (χ3v) is 5.03. The van der Waals surface area contributed by atoms with Gasteiger partial charge >= 0.3 is 6.09 Å². The van der Waals surface area contributed by atoms with Gasteiger partial charge in [0, 0.05) is 16.8 Å². The van der Waals surface area contributed by atoms with Gasteiger partial charge in [-0.1, -0.05) is 41.9 Å². The minimum atomic E-state index is -0.192. The van der Waals surface area contributed by atoms with E-state index in [4.69, 9.17) is 21.1 Å². The van der Waals surface area contributed by atoms with Crippen LogP contribution in [0.4, 0.5) is 10.5 Å². The van der Waals surface area contributed by atoms with Crippen LogP contribution in [0.25, 0.3) is 0 Å². The summed E-state index contributed by atoms with van der Waals surface area (Å²) in [4.78, 5) is 14.2. The first kappa shape index (κ1) is 18.5. The first-order valence-corrected chi connectivity index (χ1v) is 9.03. The highest BCUT2D eigenvalue weighted by atomic mass is 35.5. The number of ether oxygens (including phenoxy) is 2. The Morgan fingerprint density at radius 2 is 1.85 bits per heavy atom. The maximum atomic E-state index is 12.0. The van der Waals surface area contributed by atoms with Crippen molar-refractivity contribution in [2.45, 2.75) is 6.61 Å². The van der Waals surface area contributed by atoms with Gasteiger partial charge in [-0.05, 0) is 17.7 Å². The number of hydrogen-bond acceptors (Lipinski definition) is 4. The molecule has 2 aromatic rings. The van der Waals surface area contributed by atoms with Crippen molar-refractivity contribution in [3.8, 4) is 5.75 Å². The molecule has 0 bridgehead atoms. The van der Waals surface area contributed by atoms with Gasteiger partial charge in [-0.3, -0.25) is 0 Å². The van der Waals surface area contributed by atoms with E-state index in [0.717, 1.165) is 30.1 Å². The predicted molar refractivity (Wildman–Crippen MR) is 103 cm³/mol. The lowest BCUT2D eigenvalue weighted by molar-refractivity contribution is -0.838. The Kier molecular flexibility index (Phi) is 5.69. The quantitative estimate of drug-likeness (QED) is 0.758. The van der Waals surface area contributed by atoms with Crippen molar-refractivity contribution in [2.24, 2.45) is 0 Å². The van der Waals surface area contributed by atoms with E-state index in [1.807, 2.05) is 55.6 Å². The van der Waals surface area contributed by atoms with E-state index in [1.165, 1.54) is 7.11 Å². The number of halogens is 1. The van der Waals surface area contributed by atoms with Crippen molar-refractivity contribution in [2.75, 3.05) is 45.2 Å². The summed E-state index contributed by atoms with van der Waals surface area (Å²) in [5, 5.41) is 0.640. The van der Waals surface area contributed by atoms with Crippen molar-refractivity contribution in [3.63, 3.8) is 0 Å². The summed E-state index contributed by atoms with van der Waals surface area (Å²) in [5.74, 6) is 0.743. The number of rotatable bonds is 4. The molecule has 138 valence electrons. The lowest BCUT2D eigenvalue weighted by Gasteiger charge is -2.39. The zero-order chi connectivity index (χ0) is 18.6. The summed E-state index contributed by atoms with van der Waals surface area (Å²) < 4.78 is 11.1. The van der Waals surface area contributed by atoms with E-state index in [0.29, 0.717) is 29.2 Å². The molecule has 0 N–H and O–H groups in total. The molecule has 2 aromatic carbocycles. The minimum absolute atomic E-state index is 0.192. The molecule has 6 heteroatoms. The largest absolute Gasteiger partial charge is 0.515 e. The second-order valence-corrected chi connectivity index (χ2v) is 7.16. The van der Waals surface area contributed by atoms with E-state index >= 15 is 0 Å². The molecule has 1 amide bonds. The van der Waals surface area contributed by atoms with E-state index in [-0.39, 0.29) is 6.09 Å². The summed E-state index contributed by atoms with van der Waals surface area (Å²) in [7, 11) is 3.35. The van der Waals surface area contributed by atoms with Crippen LogP contribution in [0, 0.1) is 0 Å². The van der Waals surface area contributed by atoms with Crippen LogP contribution in [0.1, 0.15) is 5.56 Å². The molecule has 1 fully saturated rings. The number of carbonyl (C=O) groups excluding carboxylic acids is 1. The van der Waals surface area contributed by atoms with Gasteiger partial charge in [0.05, 0.1) is 27.2 Å². The molecule has 1 aliphatic rings. The number of likely N-dealkylation sites (N-methyl/N-ethyl adjacent to an activating group) is 1. The summed E-state index contributed by atoms with van der Waals surface area (Å²) in [6, 6.07) is 15.8. The number of nitrogens with zero attached hydrogens (tertiary/aromatic N) is 2. The highest BCUT2D eigenvalue weighted by Gasteiger charge is 2.37. The lowest BCUT2D eigenvalue weighted by atomic mass is 10.2. The van der Waals surface area contributed by atoms with Gasteiger partial charge in [-0.25, -0.2) is 4.48 Å². The van der Waals surface area contributed by atoms with Crippen LogP contribution in [-0.2, 0) is 11.3 Å². The number of piperazine rings is 1. The van der Waals surface area contributed by atoms with E-state index in [1.54, 1.807) is 0 Å². The Labute approximate surface area is 159 Å². The summed E-state index contributed by atoms with van der Waals surface area (Å²) >= 11 is 6.30. The summed E-state index contributed by atoms with van der Waals surface area (Å²) in [6.07, 6.45) is -0.192.